The molecule has 0 aliphatic heterocycles. The number of Topliss-reactive ketones (excluding diaryl/α,β-unsaturated/α-hetero) is 1. The maximum absolute atomic E-state index is 11.8. The van der Waals surface area contributed by atoms with Gasteiger partial charge in [0.25, 0.3) is 0 Å². The highest BCUT2D eigenvalue weighted by Crippen LogP contribution is 2.21. The molecule has 0 bridgehead atoms. The maximum atomic E-state index is 11.8. The topological polar surface area (TPSA) is 46.5 Å². The largest absolute Gasteiger partial charge is 0.490 e. The van der Waals surface area contributed by atoms with E-state index in [0.717, 1.165) is 0 Å². The fourth-order valence-electron chi connectivity index (χ4n) is 1.43. The number of rotatable bonds is 6. The van der Waals surface area contributed by atoms with E-state index >= 15 is 0 Å². The molecule has 1 rings (SSSR count). The molecule has 0 saturated heterocycles. The van der Waals surface area contributed by atoms with Crippen LogP contribution >= 0.6 is 0 Å². The standard InChI is InChI=1S/C13H18O3/c1-10(2)16-13-8-4-3-6-11(13)12(15)7-5-9-14/h3-4,6,8,10,14H,5,7,9H2,1-2H3. The first-order valence-electron chi connectivity index (χ1n) is 5.55. The molecule has 0 heterocycles. The number of aliphatic hydroxyl groups excluding tert-OH is 1. The molecule has 1 aromatic carbocycles. The summed E-state index contributed by atoms with van der Waals surface area (Å²) in [6.45, 7) is 3.89. The van der Waals surface area contributed by atoms with Crippen LogP contribution in [0.15, 0.2) is 24.3 Å². The van der Waals surface area contributed by atoms with Crippen LogP contribution in [0.4, 0.5) is 0 Å². The number of para-hydroxylation sites is 1. The lowest BCUT2D eigenvalue weighted by Crippen LogP contribution is -2.10. The molecule has 0 saturated carbocycles. The summed E-state index contributed by atoms with van der Waals surface area (Å²) < 4.78 is 5.56. The Labute approximate surface area is 96.1 Å². The summed E-state index contributed by atoms with van der Waals surface area (Å²) in [7, 11) is 0. The van der Waals surface area contributed by atoms with Gasteiger partial charge in [-0.25, -0.2) is 0 Å². The third-order valence-corrected chi connectivity index (χ3v) is 2.11. The van der Waals surface area contributed by atoms with Crippen LogP contribution in [0.25, 0.3) is 0 Å². The first-order valence-corrected chi connectivity index (χ1v) is 5.55. The number of benzene rings is 1. The molecule has 16 heavy (non-hydrogen) atoms. The average molecular weight is 222 g/mol. The average Bonchev–Trinajstić information content (AvgIpc) is 2.26. The summed E-state index contributed by atoms with van der Waals surface area (Å²) in [5.41, 5.74) is 0.602. The number of ether oxygens (including phenoxy) is 1. The molecule has 1 N–H and O–H groups in total. The monoisotopic (exact) mass is 222 g/mol. The van der Waals surface area contributed by atoms with Gasteiger partial charge in [0, 0.05) is 13.0 Å². The molecule has 0 atom stereocenters. The Morgan fingerprint density at radius 1 is 1.38 bits per heavy atom. The van der Waals surface area contributed by atoms with Gasteiger partial charge >= 0.3 is 0 Å². The van der Waals surface area contributed by atoms with Crippen molar-refractivity contribution in [1.29, 1.82) is 0 Å². The number of aliphatic hydroxyl groups is 1. The van der Waals surface area contributed by atoms with E-state index in [-0.39, 0.29) is 18.5 Å². The maximum Gasteiger partial charge on any atom is 0.166 e. The molecular formula is C13H18O3. The summed E-state index contributed by atoms with van der Waals surface area (Å²) in [6, 6.07) is 7.23. The lowest BCUT2D eigenvalue weighted by Gasteiger charge is -2.13. The van der Waals surface area contributed by atoms with Crippen LogP contribution in [-0.4, -0.2) is 23.6 Å². The van der Waals surface area contributed by atoms with Gasteiger partial charge in [0.05, 0.1) is 11.7 Å². The molecule has 0 spiro atoms. The highest BCUT2D eigenvalue weighted by atomic mass is 16.5. The normalized spacial score (nSPS) is 10.5. The molecule has 3 heteroatoms. The van der Waals surface area contributed by atoms with Crippen LogP contribution in [-0.2, 0) is 0 Å². The fourth-order valence-corrected chi connectivity index (χ4v) is 1.43. The van der Waals surface area contributed by atoms with Crippen LogP contribution in [0, 0.1) is 0 Å². The highest BCUT2D eigenvalue weighted by Gasteiger charge is 2.12. The molecule has 0 aliphatic rings. The number of carbonyl (C=O) groups is 1. The van der Waals surface area contributed by atoms with Gasteiger partial charge in [-0.05, 0) is 32.4 Å². The van der Waals surface area contributed by atoms with Crippen molar-refractivity contribution in [2.45, 2.75) is 32.8 Å². The predicted octanol–water partition coefficient (Wildman–Crippen LogP) is 2.43. The molecule has 1 aromatic rings. The lowest BCUT2D eigenvalue weighted by atomic mass is 10.1. The quantitative estimate of drug-likeness (QED) is 0.752. The minimum atomic E-state index is 0.0188. The second-order valence-electron chi connectivity index (χ2n) is 3.91. The van der Waals surface area contributed by atoms with Crippen molar-refractivity contribution >= 4 is 5.78 Å². The number of hydrogen-bond acceptors (Lipinski definition) is 3. The molecular weight excluding hydrogens is 204 g/mol. The molecule has 3 nitrogen and oxygen atoms in total. The Bertz CT molecular complexity index is 345. The molecule has 0 unspecified atom stereocenters. The van der Waals surface area contributed by atoms with E-state index in [1.165, 1.54) is 0 Å². The van der Waals surface area contributed by atoms with E-state index in [1.54, 1.807) is 12.1 Å². The number of carbonyl (C=O) groups excluding carboxylic acids is 1. The Morgan fingerprint density at radius 2 is 2.06 bits per heavy atom. The van der Waals surface area contributed by atoms with E-state index in [2.05, 4.69) is 0 Å². The smallest absolute Gasteiger partial charge is 0.166 e. The highest BCUT2D eigenvalue weighted by molar-refractivity contribution is 5.98. The van der Waals surface area contributed by atoms with E-state index < -0.39 is 0 Å². The molecule has 0 amide bonds. The molecule has 0 fully saturated rings. The van der Waals surface area contributed by atoms with Crippen LogP contribution < -0.4 is 4.74 Å². The van der Waals surface area contributed by atoms with Crippen molar-refractivity contribution in [3.8, 4) is 5.75 Å². The zero-order chi connectivity index (χ0) is 12.0. The van der Waals surface area contributed by atoms with Gasteiger partial charge in [-0.2, -0.15) is 0 Å². The second kappa shape index (κ2) is 6.28. The number of hydrogen-bond donors (Lipinski definition) is 1. The minimum Gasteiger partial charge on any atom is -0.490 e. The van der Waals surface area contributed by atoms with E-state index in [4.69, 9.17) is 9.84 Å². The number of ketones is 1. The van der Waals surface area contributed by atoms with E-state index in [0.29, 0.717) is 24.2 Å². The van der Waals surface area contributed by atoms with E-state index in [1.807, 2.05) is 26.0 Å². The minimum absolute atomic E-state index is 0.0188. The predicted molar refractivity (Wildman–Crippen MR) is 62.9 cm³/mol. The van der Waals surface area contributed by atoms with Crippen LogP contribution in [0.3, 0.4) is 0 Å². The van der Waals surface area contributed by atoms with Crippen LogP contribution in [0.5, 0.6) is 5.75 Å². The van der Waals surface area contributed by atoms with Gasteiger partial charge in [-0.3, -0.25) is 4.79 Å². The van der Waals surface area contributed by atoms with Gasteiger partial charge in [-0.1, -0.05) is 12.1 Å². The van der Waals surface area contributed by atoms with Gasteiger partial charge in [-0.15, -0.1) is 0 Å². The second-order valence-corrected chi connectivity index (χ2v) is 3.91. The van der Waals surface area contributed by atoms with Crippen molar-refractivity contribution in [1.82, 2.24) is 0 Å². The van der Waals surface area contributed by atoms with Crippen molar-refractivity contribution < 1.29 is 14.6 Å². The molecule has 0 radical (unpaired) electrons. The summed E-state index contributed by atoms with van der Waals surface area (Å²) >= 11 is 0. The SMILES string of the molecule is CC(C)Oc1ccccc1C(=O)CCCO. The summed E-state index contributed by atoms with van der Waals surface area (Å²) in [5.74, 6) is 0.644. The van der Waals surface area contributed by atoms with Gasteiger partial charge < -0.3 is 9.84 Å². The van der Waals surface area contributed by atoms with Crippen LogP contribution in [0.2, 0.25) is 0 Å². The first kappa shape index (κ1) is 12.7. The molecule has 0 aromatic heterocycles. The van der Waals surface area contributed by atoms with Crippen LogP contribution in [0.1, 0.15) is 37.0 Å². The van der Waals surface area contributed by atoms with Crippen molar-refractivity contribution in [3.63, 3.8) is 0 Å². The van der Waals surface area contributed by atoms with Crippen molar-refractivity contribution in [2.24, 2.45) is 0 Å². The Kier molecular flexibility index (Phi) is 4.99. The summed E-state index contributed by atoms with van der Waals surface area (Å²) in [4.78, 5) is 11.8. The Balaban J connectivity index is 2.81. The third kappa shape index (κ3) is 3.66. The fraction of sp³-hybridized carbons (Fsp3) is 0.462. The van der Waals surface area contributed by atoms with Crippen molar-refractivity contribution in [2.75, 3.05) is 6.61 Å². The van der Waals surface area contributed by atoms with Gasteiger partial charge in [0.2, 0.25) is 0 Å². The van der Waals surface area contributed by atoms with Gasteiger partial charge in [0.1, 0.15) is 5.75 Å². The van der Waals surface area contributed by atoms with Crippen molar-refractivity contribution in [3.05, 3.63) is 29.8 Å². The lowest BCUT2D eigenvalue weighted by molar-refractivity contribution is 0.0965. The summed E-state index contributed by atoms with van der Waals surface area (Å²) in [6.07, 6.45) is 0.899. The zero-order valence-electron chi connectivity index (χ0n) is 9.77. The summed E-state index contributed by atoms with van der Waals surface area (Å²) in [5, 5.41) is 8.69. The first-order chi connectivity index (χ1) is 7.65. The third-order valence-electron chi connectivity index (χ3n) is 2.11. The molecule has 88 valence electrons. The Morgan fingerprint density at radius 3 is 2.69 bits per heavy atom. The molecule has 0 aliphatic carbocycles. The zero-order valence-corrected chi connectivity index (χ0v) is 9.77. The Hall–Kier alpha value is -1.35. The van der Waals surface area contributed by atoms with E-state index in [9.17, 15) is 4.79 Å². The van der Waals surface area contributed by atoms with Gasteiger partial charge in [0.15, 0.2) is 5.78 Å².